The van der Waals surface area contributed by atoms with Gasteiger partial charge in [0.15, 0.2) is 0 Å². The van der Waals surface area contributed by atoms with Crippen LogP contribution in [0.25, 0.3) is 11.0 Å². The van der Waals surface area contributed by atoms with Crippen molar-refractivity contribution >= 4 is 22.6 Å². The number of nitrogens with zero attached hydrogens (tertiary/aromatic N) is 3. The van der Waals surface area contributed by atoms with Crippen LogP contribution in [-0.2, 0) is 6.54 Å². The molecule has 1 aromatic heterocycles. The molecule has 2 aromatic rings. The number of unbranched alkanes of at least 4 members (excludes halogenated alkanes) is 1. The van der Waals surface area contributed by atoms with Gasteiger partial charge >= 0.3 is 0 Å². The Morgan fingerprint density at radius 2 is 2.25 bits per heavy atom. The van der Waals surface area contributed by atoms with E-state index in [0.717, 1.165) is 30.4 Å². The molecule has 0 amide bonds. The third-order valence-corrected chi connectivity index (χ3v) is 2.80. The molecule has 16 heavy (non-hydrogen) atoms. The number of halogens is 1. The number of alkyl halides is 1. The second-order valence-corrected chi connectivity index (χ2v) is 4.03. The van der Waals surface area contributed by atoms with E-state index in [1.54, 1.807) is 0 Å². The molecule has 0 unspecified atom stereocenters. The fourth-order valence-electron chi connectivity index (χ4n) is 1.69. The highest BCUT2D eigenvalue weighted by Gasteiger charge is 2.02. The lowest BCUT2D eigenvalue weighted by Crippen LogP contribution is -1.96. The minimum atomic E-state index is 0.651. The van der Waals surface area contributed by atoms with Crippen LogP contribution in [0.4, 0.5) is 0 Å². The lowest BCUT2D eigenvalue weighted by molar-refractivity contribution is 0.648. The van der Waals surface area contributed by atoms with E-state index in [9.17, 15) is 0 Å². The number of hydrogen-bond donors (Lipinski definition) is 0. The van der Waals surface area contributed by atoms with E-state index in [1.807, 2.05) is 24.5 Å². The van der Waals surface area contributed by atoms with Gasteiger partial charge in [0.1, 0.15) is 0 Å². The fourth-order valence-corrected chi connectivity index (χ4v) is 1.88. The predicted octanol–water partition coefficient (Wildman–Crippen LogP) is 2.93. The highest BCUT2D eigenvalue weighted by molar-refractivity contribution is 6.17. The quantitative estimate of drug-likeness (QED) is 0.602. The monoisotopic (exact) mass is 233 g/mol. The molecule has 0 aliphatic heterocycles. The molecular formula is C12H12ClN3. The van der Waals surface area contributed by atoms with E-state index >= 15 is 0 Å². The van der Waals surface area contributed by atoms with Crippen molar-refractivity contribution < 1.29 is 0 Å². The molecule has 82 valence electrons. The van der Waals surface area contributed by atoms with Crippen molar-refractivity contribution in [3.05, 3.63) is 30.1 Å². The predicted molar refractivity (Wildman–Crippen MR) is 64.4 cm³/mol. The largest absolute Gasteiger partial charge is 0.331 e. The number of benzene rings is 1. The molecule has 0 aliphatic carbocycles. The van der Waals surface area contributed by atoms with Gasteiger partial charge in [0.05, 0.1) is 29.0 Å². The molecule has 0 radical (unpaired) electrons. The zero-order chi connectivity index (χ0) is 11.4. The molecule has 3 nitrogen and oxygen atoms in total. The van der Waals surface area contributed by atoms with Gasteiger partial charge in [-0.25, -0.2) is 4.98 Å². The van der Waals surface area contributed by atoms with Crippen LogP contribution >= 0.6 is 11.6 Å². The molecule has 0 fully saturated rings. The summed E-state index contributed by atoms with van der Waals surface area (Å²) in [5.41, 5.74) is 2.61. The van der Waals surface area contributed by atoms with Gasteiger partial charge < -0.3 is 4.57 Å². The van der Waals surface area contributed by atoms with Crippen molar-refractivity contribution in [1.82, 2.24) is 9.55 Å². The Hall–Kier alpha value is -1.53. The van der Waals surface area contributed by atoms with E-state index in [0.29, 0.717) is 11.4 Å². The summed E-state index contributed by atoms with van der Waals surface area (Å²) in [7, 11) is 0. The third kappa shape index (κ3) is 2.17. The van der Waals surface area contributed by atoms with Gasteiger partial charge in [-0.2, -0.15) is 5.26 Å². The molecule has 0 aliphatic rings. The maximum Gasteiger partial charge on any atom is 0.0992 e. The second kappa shape index (κ2) is 5.00. The first-order valence-electron chi connectivity index (χ1n) is 5.26. The molecule has 0 saturated heterocycles. The summed E-state index contributed by atoms with van der Waals surface area (Å²) in [5.74, 6) is 0.700. The number of hydrogen-bond acceptors (Lipinski definition) is 2. The molecule has 0 spiro atoms. The Balaban J connectivity index is 2.25. The van der Waals surface area contributed by atoms with Gasteiger partial charge in [-0.15, -0.1) is 11.6 Å². The summed E-state index contributed by atoms with van der Waals surface area (Å²) in [6.45, 7) is 0.926. The lowest BCUT2D eigenvalue weighted by atomic mass is 10.2. The number of rotatable bonds is 4. The van der Waals surface area contributed by atoms with Crippen molar-refractivity contribution in [2.45, 2.75) is 19.4 Å². The summed E-state index contributed by atoms with van der Waals surface area (Å²) in [4.78, 5) is 4.28. The molecule has 0 N–H and O–H groups in total. The summed E-state index contributed by atoms with van der Waals surface area (Å²) < 4.78 is 2.10. The Labute approximate surface area is 99.3 Å². The first kappa shape index (κ1) is 11.0. The molecular weight excluding hydrogens is 222 g/mol. The number of aryl methyl sites for hydroxylation is 1. The van der Waals surface area contributed by atoms with Crippen molar-refractivity contribution in [2.24, 2.45) is 0 Å². The SMILES string of the molecule is N#Cc1ccc2c(c1)ncn2CCCCCl. The van der Waals surface area contributed by atoms with Gasteiger partial charge in [-0.3, -0.25) is 0 Å². The third-order valence-electron chi connectivity index (χ3n) is 2.53. The summed E-state index contributed by atoms with van der Waals surface area (Å²) in [6.07, 6.45) is 3.88. The fraction of sp³-hybridized carbons (Fsp3) is 0.333. The van der Waals surface area contributed by atoms with Gasteiger partial charge in [-0.1, -0.05) is 0 Å². The number of fused-ring (bicyclic) bond motifs is 1. The van der Waals surface area contributed by atoms with E-state index in [4.69, 9.17) is 16.9 Å². The van der Waals surface area contributed by atoms with Crippen LogP contribution in [0.2, 0.25) is 0 Å². The molecule has 1 aromatic carbocycles. The standard InChI is InChI=1S/C12H12ClN3/c13-5-1-2-6-16-9-15-11-7-10(8-14)3-4-12(11)16/h3-4,7,9H,1-2,5-6H2. The van der Waals surface area contributed by atoms with Crippen LogP contribution in [0.15, 0.2) is 24.5 Å². The van der Waals surface area contributed by atoms with Crippen LogP contribution in [0.3, 0.4) is 0 Å². The number of imidazole rings is 1. The van der Waals surface area contributed by atoms with Crippen LogP contribution < -0.4 is 0 Å². The van der Waals surface area contributed by atoms with Gasteiger partial charge in [0.2, 0.25) is 0 Å². The molecule has 0 atom stereocenters. The van der Waals surface area contributed by atoms with Crippen LogP contribution in [0.1, 0.15) is 18.4 Å². The summed E-state index contributed by atoms with van der Waals surface area (Å²) >= 11 is 5.64. The average molecular weight is 234 g/mol. The number of aromatic nitrogens is 2. The summed E-state index contributed by atoms with van der Waals surface area (Å²) in [5, 5.41) is 8.78. The highest BCUT2D eigenvalue weighted by atomic mass is 35.5. The van der Waals surface area contributed by atoms with Crippen molar-refractivity contribution in [3.8, 4) is 6.07 Å². The van der Waals surface area contributed by atoms with Gasteiger partial charge in [0, 0.05) is 12.4 Å². The van der Waals surface area contributed by atoms with Crippen LogP contribution in [0.5, 0.6) is 0 Å². The topological polar surface area (TPSA) is 41.6 Å². The van der Waals surface area contributed by atoms with E-state index in [-0.39, 0.29) is 0 Å². The Bertz CT molecular complexity index is 525. The Morgan fingerprint density at radius 1 is 1.38 bits per heavy atom. The van der Waals surface area contributed by atoms with E-state index in [2.05, 4.69) is 15.6 Å². The van der Waals surface area contributed by atoms with Crippen molar-refractivity contribution in [1.29, 1.82) is 5.26 Å². The zero-order valence-electron chi connectivity index (χ0n) is 8.86. The van der Waals surface area contributed by atoms with E-state index in [1.165, 1.54) is 0 Å². The normalized spacial score (nSPS) is 10.5. The lowest BCUT2D eigenvalue weighted by Gasteiger charge is -2.02. The van der Waals surface area contributed by atoms with Gasteiger partial charge in [-0.05, 0) is 31.0 Å². The second-order valence-electron chi connectivity index (χ2n) is 3.65. The van der Waals surface area contributed by atoms with Crippen LogP contribution in [0, 0.1) is 11.3 Å². The maximum atomic E-state index is 8.78. The minimum absolute atomic E-state index is 0.651. The average Bonchev–Trinajstić information content (AvgIpc) is 2.72. The first-order valence-corrected chi connectivity index (χ1v) is 5.79. The number of nitriles is 1. The zero-order valence-corrected chi connectivity index (χ0v) is 9.61. The van der Waals surface area contributed by atoms with Crippen LogP contribution in [-0.4, -0.2) is 15.4 Å². The van der Waals surface area contributed by atoms with Crippen molar-refractivity contribution in [2.75, 3.05) is 5.88 Å². The highest BCUT2D eigenvalue weighted by Crippen LogP contribution is 2.15. The summed E-state index contributed by atoms with van der Waals surface area (Å²) in [6, 6.07) is 7.69. The molecule has 2 rings (SSSR count). The van der Waals surface area contributed by atoms with Gasteiger partial charge in [0.25, 0.3) is 0 Å². The van der Waals surface area contributed by atoms with E-state index < -0.39 is 0 Å². The Kier molecular flexibility index (Phi) is 3.43. The van der Waals surface area contributed by atoms with Crippen molar-refractivity contribution in [3.63, 3.8) is 0 Å². The minimum Gasteiger partial charge on any atom is -0.331 e. The molecule has 1 heterocycles. The molecule has 4 heteroatoms. The first-order chi connectivity index (χ1) is 7.85. The Morgan fingerprint density at radius 3 is 3.00 bits per heavy atom. The molecule has 0 bridgehead atoms. The maximum absolute atomic E-state index is 8.78. The molecule has 0 saturated carbocycles. The smallest absolute Gasteiger partial charge is 0.0992 e.